The van der Waals surface area contributed by atoms with Crippen LogP contribution in [0.15, 0.2) is 24.3 Å². The van der Waals surface area contributed by atoms with Crippen LogP contribution >= 0.6 is 0 Å². The zero-order chi connectivity index (χ0) is 16.4. The summed E-state index contributed by atoms with van der Waals surface area (Å²) < 4.78 is 0. The van der Waals surface area contributed by atoms with E-state index in [9.17, 15) is 5.11 Å². The molecule has 4 atom stereocenters. The third-order valence-electron chi connectivity index (χ3n) is 5.96. The molecule has 0 bridgehead atoms. The molecule has 0 radical (unpaired) electrons. The Morgan fingerprint density at radius 1 is 1.17 bits per heavy atom. The van der Waals surface area contributed by atoms with Crippen molar-refractivity contribution in [3.63, 3.8) is 0 Å². The van der Waals surface area contributed by atoms with Crippen molar-refractivity contribution >= 4 is 0 Å². The Hall–Kier alpha value is -1.26. The molecule has 0 heterocycles. The van der Waals surface area contributed by atoms with Crippen LogP contribution in [0.4, 0.5) is 0 Å². The minimum atomic E-state index is -0.778. The average Bonchev–Trinajstić information content (AvgIpc) is 2.84. The highest BCUT2D eigenvalue weighted by Gasteiger charge is 2.41. The van der Waals surface area contributed by atoms with Gasteiger partial charge in [-0.25, -0.2) is 0 Å². The maximum atomic E-state index is 10.1. The molecular weight excluding hydrogens is 280 g/mol. The summed E-state index contributed by atoms with van der Waals surface area (Å²) in [5, 5.41) is 10.1. The topological polar surface area (TPSA) is 20.2 Å². The third-order valence-corrected chi connectivity index (χ3v) is 5.96. The van der Waals surface area contributed by atoms with Crippen LogP contribution < -0.4 is 0 Å². The fourth-order valence-electron chi connectivity index (χ4n) is 4.66. The number of hydrogen-bond acceptors (Lipinski definition) is 1. The molecule has 0 aliphatic heterocycles. The molecule has 0 saturated heterocycles. The molecule has 1 aromatic carbocycles. The summed E-state index contributed by atoms with van der Waals surface area (Å²) in [5.41, 5.74) is 1.40. The van der Waals surface area contributed by atoms with Gasteiger partial charge in [0.25, 0.3) is 0 Å². The highest BCUT2D eigenvalue weighted by molar-refractivity contribution is 5.30. The molecule has 0 aromatic heterocycles. The second kappa shape index (κ2) is 6.70. The first-order valence-electron chi connectivity index (χ1n) is 9.25. The maximum Gasteiger partial charge on any atom is 0.0840 e. The smallest absolute Gasteiger partial charge is 0.0840 e. The van der Waals surface area contributed by atoms with Crippen LogP contribution in [-0.2, 0) is 12.0 Å². The molecule has 2 fully saturated rings. The molecule has 2 saturated carbocycles. The summed E-state index contributed by atoms with van der Waals surface area (Å²) >= 11 is 0. The Morgan fingerprint density at radius 3 is 2.65 bits per heavy atom. The second-order valence-corrected chi connectivity index (χ2v) is 8.19. The van der Waals surface area contributed by atoms with Crippen LogP contribution in [0.1, 0.15) is 64.0 Å². The van der Waals surface area contributed by atoms with Crippen molar-refractivity contribution < 1.29 is 5.11 Å². The molecule has 0 amide bonds. The lowest BCUT2D eigenvalue weighted by Crippen LogP contribution is -2.20. The van der Waals surface area contributed by atoms with Gasteiger partial charge in [0.2, 0.25) is 0 Å². The molecule has 23 heavy (non-hydrogen) atoms. The minimum absolute atomic E-state index is 0.618. The van der Waals surface area contributed by atoms with Crippen LogP contribution in [0, 0.1) is 35.5 Å². The predicted molar refractivity (Wildman–Crippen MR) is 95.9 cm³/mol. The van der Waals surface area contributed by atoms with Crippen LogP contribution in [-0.4, -0.2) is 5.11 Å². The summed E-state index contributed by atoms with van der Waals surface area (Å²) in [6.45, 7) is 6.10. The SMILES string of the molecule is C[C@@H]1CC(C#CCc2cccc(C(C)(C)O)c2)C2CCCCC21. The number of hydrogen-bond donors (Lipinski definition) is 1. The standard InChI is InChI=1S/C22H30O/c1-16-14-18(21-13-5-4-12-20(16)21)10-6-8-17-9-7-11-19(15-17)22(2,3)23/h7,9,11,15-16,18,20-21,23H,4-5,8,12-14H2,1-3H3/t16-,18?,20?,21?/m1/s1. The van der Waals surface area contributed by atoms with E-state index in [0.717, 1.165) is 29.7 Å². The highest BCUT2D eigenvalue weighted by Crippen LogP contribution is 2.48. The van der Waals surface area contributed by atoms with Gasteiger partial charge in [-0.3, -0.25) is 0 Å². The molecular formula is C22H30O. The molecule has 1 nitrogen and oxygen atoms in total. The van der Waals surface area contributed by atoms with Gasteiger partial charge in [-0.1, -0.05) is 55.9 Å². The number of rotatable bonds is 2. The molecule has 1 N–H and O–H groups in total. The van der Waals surface area contributed by atoms with Gasteiger partial charge in [0, 0.05) is 12.3 Å². The van der Waals surface area contributed by atoms with E-state index >= 15 is 0 Å². The zero-order valence-electron chi connectivity index (χ0n) is 14.8. The van der Waals surface area contributed by atoms with Crippen LogP contribution in [0.3, 0.4) is 0 Å². The quantitative estimate of drug-likeness (QED) is 0.769. The normalized spacial score (nSPS) is 30.4. The molecule has 2 aliphatic carbocycles. The first kappa shape index (κ1) is 16.6. The molecule has 1 aromatic rings. The van der Waals surface area contributed by atoms with Crippen molar-refractivity contribution in [1.82, 2.24) is 0 Å². The largest absolute Gasteiger partial charge is 0.386 e. The highest BCUT2D eigenvalue weighted by atomic mass is 16.3. The van der Waals surface area contributed by atoms with Gasteiger partial charge in [0.1, 0.15) is 0 Å². The summed E-state index contributed by atoms with van der Waals surface area (Å²) in [6.07, 6.45) is 7.74. The van der Waals surface area contributed by atoms with Crippen molar-refractivity contribution in [2.75, 3.05) is 0 Å². The van der Waals surface area contributed by atoms with E-state index in [4.69, 9.17) is 0 Å². The lowest BCUT2D eigenvalue weighted by molar-refractivity contribution is 0.0785. The van der Waals surface area contributed by atoms with Gasteiger partial charge in [-0.2, -0.15) is 0 Å². The Bertz CT molecular complexity index is 598. The fourth-order valence-corrected chi connectivity index (χ4v) is 4.66. The lowest BCUT2D eigenvalue weighted by atomic mass is 9.76. The van der Waals surface area contributed by atoms with Crippen molar-refractivity contribution in [2.24, 2.45) is 23.7 Å². The fraction of sp³-hybridized carbons (Fsp3) is 0.636. The molecule has 124 valence electrons. The average molecular weight is 310 g/mol. The maximum absolute atomic E-state index is 10.1. The van der Waals surface area contributed by atoms with E-state index < -0.39 is 5.60 Å². The van der Waals surface area contributed by atoms with Crippen molar-refractivity contribution in [1.29, 1.82) is 0 Å². The van der Waals surface area contributed by atoms with Gasteiger partial charge in [-0.15, -0.1) is 0 Å². The molecule has 0 spiro atoms. The predicted octanol–water partition coefficient (Wildman–Crippen LogP) is 4.92. The summed E-state index contributed by atoms with van der Waals surface area (Å²) in [5.74, 6) is 10.3. The first-order chi connectivity index (χ1) is 10.9. The molecule has 3 rings (SSSR count). The van der Waals surface area contributed by atoms with Gasteiger partial charge in [0.05, 0.1) is 5.60 Å². The molecule has 1 heteroatoms. The van der Waals surface area contributed by atoms with E-state index in [1.54, 1.807) is 0 Å². The number of benzene rings is 1. The third kappa shape index (κ3) is 3.81. The van der Waals surface area contributed by atoms with Crippen molar-refractivity contribution in [2.45, 2.75) is 64.9 Å². The van der Waals surface area contributed by atoms with E-state index in [-0.39, 0.29) is 0 Å². The van der Waals surface area contributed by atoms with E-state index in [2.05, 4.69) is 30.9 Å². The second-order valence-electron chi connectivity index (χ2n) is 8.19. The van der Waals surface area contributed by atoms with Gasteiger partial charge in [0.15, 0.2) is 0 Å². The van der Waals surface area contributed by atoms with Crippen LogP contribution in [0.2, 0.25) is 0 Å². The summed E-state index contributed by atoms with van der Waals surface area (Å²) in [6, 6.07) is 8.22. The van der Waals surface area contributed by atoms with Crippen molar-refractivity contribution in [3.8, 4) is 11.8 Å². The van der Waals surface area contributed by atoms with Gasteiger partial charge >= 0.3 is 0 Å². The number of aliphatic hydroxyl groups is 1. The van der Waals surface area contributed by atoms with E-state index in [1.165, 1.54) is 37.7 Å². The number of fused-ring (bicyclic) bond motifs is 1. The minimum Gasteiger partial charge on any atom is -0.386 e. The van der Waals surface area contributed by atoms with Gasteiger partial charge < -0.3 is 5.11 Å². The van der Waals surface area contributed by atoms with E-state index in [0.29, 0.717) is 5.92 Å². The monoisotopic (exact) mass is 310 g/mol. The molecule has 3 unspecified atom stereocenters. The first-order valence-corrected chi connectivity index (χ1v) is 9.25. The van der Waals surface area contributed by atoms with E-state index in [1.807, 2.05) is 26.0 Å². The molecule has 2 aliphatic rings. The van der Waals surface area contributed by atoms with Crippen molar-refractivity contribution in [3.05, 3.63) is 35.4 Å². The van der Waals surface area contributed by atoms with Crippen LogP contribution in [0.5, 0.6) is 0 Å². The Labute approximate surface area is 141 Å². The Morgan fingerprint density at radius 2 is 1.91 bits per heavy atom. The Kier molecular flexibility index (Phi) is 4.83. The summed E-state index contributed by atoms with van der Waals surface area (Å²) in [7, 11) is 0. The van der Waals surface area contributed by atoms with Gasteiger partial charge in [-0.05, 0) is 62.0 Å². The Balaban J connectivity index is 1.66. The lowest BCUT2D eigenvalue weighted by Gasteiger charge is -2.29. The zero-order valence-corrected chi connectivity index (χ0v) is 14.8. The summed E-state index contributed by atoms with van der Waals surface area (Å²) in [4.78, 5) is 0. The van der Waals surface area contributed by atoms with Crippen LogP contribution in [0.25, 0.3) is 0 Å².